The molecule has 0 aromatic heterocycles. The van der Waals surface area contributed by atoms with Gasteiger partial charge in [-0.25, -0.2) is 9.86 Å². The number of ether oxygens (including phenoxy) is 1. The summed E-state index contributed by atoms with van der Waals surface area (Å²) in [5.41, 5.74) is 1.44. The maximum absolute atomic E-state index is 12.3. The van der Waals surface area contributed by atoms with Crippen molar-refractivity contribution in [2.45, 2.75) is 52.2 Å². The van der Waals surface area contributed by atoms with Crippen LogP contribution in [-0.4, -0.2) is 30.6 Å². The van der Waals surface area contributed by atoms with Gasteiger partial charge in [-0.1, -0.05) is 32.4 Å². The van der Waals surface area contributed by atoms with Gasteiger partial charge in [0, 0.05) is 0 Å². The Morgan fingerprint density at radius 2 is 2.04 bits per heavy atom. The standard InChI is InChI=1S/C17H24N2O4/c1-4-9-15(17(21)22-6-3)23-19-13(5-2)16(20)18-12-10-7-8-11-14(12)19/h7-8,10-11,13,15H,4-6,9H2,1-3H3,(H,18,20). The lowest BCUT2D eigenvalue weighted by Crippen LogP contribution is -2.50. The van der Waals surface area contributed by atoms with Gasteiger partial charge in [0.1, 0.15) is 6.04 Å². The molecule has 1 aromatic carbocycles. The summed E-state index contributed by atoms with van der Waals surface area (Å²) >= 11 is 0. The number of carbonyl (C=O) groups excluding carboxylic acids is 2. The van der Waals surface area contributed by atoms with Crippen LogP contribution in [0.15, 0.2) is 24.3 Å². The Labute approximate surface area is 136 Å². The van der Waals surface area contributed by atoms with Crippen LogP contribution in [0.25, 0.3) is 0 Å². The molecule has 23 heavy (non-hydrogen) atoms. The zero-order chi connectivity index (χ0) is 16.8. The van der Waals surface area contributed by atoms with Gasteiger partial charge in [-0.2, -0.15) is 0 Å². The predicted octanol–water partition coefficient (Wildman–Crippen LogP) is 2.89. The minimum absolute atomic E-state index is 0.134. The van der Waals surface area contributed by atoms with Crippen LogP contribution < -0.4 is 10.4 Å². The normalized spacial score (nSPS) is 18.1. The summed E-state index contributed by atoms with van der Waals surface area (Å²) in [4.78, 5) is 30.3. The summed E-state index contributed by atoms with van der Waals surface area (Å²) in [5.74, 6) is -0.530. The number of benzene rings is 1. The summed E-state index contributed by atoms with van der Waals surface area (Å²) in [6.07, 6.45) is 1.17. The molecule has 1 aliphatic heterocycles. The Morgan fingerprint density at radius 3 is 2.70 bits per heavy atom. The molecular formula is C17H24N2O4. The van der Waals surface area contributed by atoms with Crippen molar-refractivity contribution in [3.63, 3.8) is 0 Å². The summed E-state index contributed by atoms with van der Waals surface area (Å²) in [6.45, 7) is 5.95. The van der Waals surface area contributed by atoms with Gasteiger partial charge in [0.25, 0.3) is 0 Å². The zero-order valence-electron chi connectivity index (χ0n) is 13.9. The number of hydroxylamine groups is 1. The molecule has 0 bridgehead atoms. The molecule has 0 spiro atoms. The number of nitrogens with zero attached hydrogens (tertiary/aromatic N) is 1. The summed E-state index contributed by atoms with van der Waals surface area (Å²) in [7, 11) is 0. The van der Waals surface area contributed by atoms with E-state index >= 15 is 0 Å². The fourth-order valence-corrected chi connectivity index (χ4v) is 2.59. The van der Waals surface area contributed by atoms with Gasteiger partial charge in [-0.05, 0) is 31.9 Å². The quantitative estimate of drug-likeness (QED) is 0.782. The van der Waals surface area contributed by atoms with Gasteiger partial charge >= 0.3 is 5.97 Å². The molecule has 0 fully saturated rings. The number of carbonyl (C=O) groups is 2. The highest BCUT2D eigenvalue weighted by Crippen LogP contribution is 2.33. The third-order valence-electron chi connectivity index (χ3n) is 3.71. The van der Waals surface area contributed by atoms with Crippen LogP contribution in [0, 0.1) is 0 Å². The molecular weight excluding hydrogens is 296 g/mol. The summed E-state index contributed by atoms with van der Waals surface area (Å²) < 4.78 is 5.09. The van der Waals surface area contributed by atoms with Crippen molar-refractivity contribution in [2.75, 3.05) is 17.0 Å². The third-order valence-corrected chi connectivity index (χ3v) is 3.71. The monoisotopic (exact) mass is 320 g/mol. The maximum Gasteiger partial charge on any atom is 0.338 e. The first-order chi connectivity index (χ1) is 11.1. The number of para-hydroxylation sites is 2. The fraction of sp³-hybridized carbons (Fsp3) is 0.529. The van der Waals surface area contributed by atoms with Crippen LogP contribution in [0.5, 0.6) is 0 Å². The number of fused-ring (bicyclic) bond motifs is 1. The third kappa shape index (κ3) is 3.82. The van der Waals surface area contributed by atoms with E-state index < -0.39 is 18.1 Å². The number of esters is 1. The van der Waals surface area contributed by atoms with Crippen molar-refractivity contribution in [1.82, 2.24) is 0 Å². The van der Waals surface area contributed by atoms with E-state index in [-0.39, 0.29) is 5.91 Å². The van der Waals surface area contributed by atoms with E-state index in [0.29, 0.717) is 25.1 Å². The Balaban J connectivity index is 2.29. The van der Waals surface area contributed by atoms with Gasteiger partial charge in [0.15, 0.2) is 6.10 Å². The number of hydrogen-bond donors (Lipinski definition) is 1. The number of hydrogen-bond acceptors (Lipinski definition) is 5. The average Bonchev–Trinajstić information content (AvgIpc) is 2.54. The minimum atomic E-state index is -0.715. The largest absolute Gasteiger partial charge is 0.464 e. The molecule has 1 heterocycles. The van der Waals surface area contributed by atoms with Crippen LogP contribution >= 0.6 is 0 Å². The Hall–Kier alpha value is -2.08. The molecule has 1 amide bonds. The molecule has 0 saturated heterocycles. The van der Waals surface area contributed by atoms with E-state index in [1.165, 1.54) is 0 Å². The minimum Gasteiger partial charge on any atom is -0.464 e. The van der Waals surface area contributed by atoms with Crippen LogP contribution in [-0.2, 0) is 19.2 Å². The first-order valence-corrected chi connectivity index (χ1v) is 8.14. The highest BCUT2D eigenvalue weighted by atomic mass is 16.7. The van der Waals surface area contributed by atoms with Crippen molar-refractivity contribution < 1.29 is 19.2 Å². The second kappa shape index (κ2) is 7.97. The lowest BCUT2D eigenvalue weighted by Gasteiger charge is -2.37. The topological polar surface area (TPSA) is 67.9 Å². The molecule has 1 aliphatic rings. The Morgan fingerprint density at radius 1 is 1.30 bits per heavy atom. The van der Waals surface area contributed by atoms with Crippen LogP contribution in [0.4, 0.5) is 11.4 Å². The predicted molar refractivity (Wildman–Crippen MR) is 88.0 cm³/mol. The van der Waals surface area contributed by atoms with Gasteiger partial charge < -0.3 is 10.1 Å². The fourth-order valence-electron chi connectivity index (χ4n) is 2.59. The second-order valence-electron chi connectivity index (χ2n) is 5.39. The molecule has 0 saturated carbocycles. The van der Waals surface area contributed by atoms with E-state index in [4.69, 9.17) is 9.57 Å². The SMILES string of the molecule is CCCC(ON1c2ccccc2NC(=O)C1CC)C(=O)OCC. The average molecular weight is 320 g/mol. The van der Waals surface area contributed by atoms with E-state index in [1.807, 2.05) is 38.1 Å². The Bertz CT molecular complexity index is 561. The smallest absolute Gasteiger partial charge is 0.338 e. The zero-order valence-corrected chi connectivity index (χ0v) is 13.9. The molecule has 0 aliphatic carbocycles. The lowest BCUT2D eigenvalue weighted by molar-refractivity contribution is -0.159. The van der Waals surface area contributed by atoms with Crippen LogP contribution in [0.1, 0.15) is 40.0 Å². The number of rotatable bonds is 7. The molecule has 126 valence electrons. The van der Waals surface area contributed by atoms with Gasteiger partial charge in [0.2, 0.25) is 5.91 Å². The number of nitrogens with one attached hydrogen (secondary N) is 1. The van der Waals surface area contributed by atoms with Crippen LogP contribution in [0.3, 0.4) is 0 Å². The molecule has 2 unspecified atom stereocenters. The van der Waals surface area contributed by atoms with Crippen molar-refractivity contribution in [3.8, 4) is 0 Å². The van der Waals surface area contributed by atoms with Crippen molar-refractivity contribution in [1.29, 1.82) is 0 Å². The molecule has 2 atom stereocenters. The highest BCUT2D eigenvalue weighted by Gasteiger charge is 2.35. The second-order valence-corrected chi connectivity index (χ2v) is 5.39. The van der Waals surface area contributed by atoms with Crippen LogP contribution in [0.2, 0.25) is 0 Å². The maximum atomic E-state index is 12.3. The summed E-state index contributed by atoms with van der Waals surface area (Å²) in [5, 5.41) is 4.43. The molecule has 1 N–H and O–H groups in total. The Kier molecular flexibility index (Phi) is 5.98. The first kappa shape index (κ1) is 17.3. The van der Waals surface area contributed by atoms with Gasteiger partial charge in [-0.15, -0.1) is 0 Å². The van der Waals surface area contributed by atoms with E-state index in [2.05, 4.69) is 5.32 Å². The van der Waals surface area contributed by atoms with Crippen molar-refractivity contribution in [2.24, 2.45) is 0 Å². The molecule has 0 radical (unpaired) electrons. The van der Waals surface area contributed by atoms with Gasteiger partial charge in [0.05, 0.1) is 18.0 Å². The number of anilines is 2. The lowest BCUT2D eigenvalue weighted by atomic mass is 10.1. The first-order valence-electron chi connectivity index (χ1n) is 8.14. The van der Waals surface area contributed by atoms with Crippen molar-refractivity contribution >= 4 is 23.3 Å². The van der Waals surface area contributed by atoms with Gasteiger partial charge in [-0.3, -0.25) is 9.63 Å². The van der Waals surface area contributed by atoms with E-state index in [9.17, 15) is 9.59 Å². The highest BCUT2D eigenvalue weighted by molar-refractivity contribution is 6.03. The molecule has 6 nitrogen and oxygen atoms in total. The summed E-state index contributed by atoms with van der Waals surface area (Å²) in [6, 6.07) is 6.93. The molecule has 2 rings (SSSR count). The van der Waals surface area contributed by atoms with Crippen molar-refractivity contribution in [3.05, 3.63) is 24.3 Å². The van der Waals surface area contributed by atoms with E-state index in [1.54, 1.807) is 12.0 Å². The van der Waals surface area contributed by atoms with E-state index in [0.717, 1.165) is 12.1 Å². The molecule has 6 heteroatoms. The molecule has 1 aromatic rings. The number of amides is 1.